The Bertz CT molecular complexity index is 1970. The number of benzene rings is 5. The number of aryl methyl sites for hydroxylation is 1. The van der Waals surface area contributed by atoms with Crippen LogP contribution in [0.2, 0.25) is 5.02 Å². The number of hydrogen-bond acceptors (Lipinski definition) is 5. The summed E-state index contributed by atoms with van der Waals surface area (Å²) in [6.45, 7) is 3.64. The number of carbonyl (C=O) groups excluding carboxylic acids is 2. The van der Waals surface area contributed by atoms with E-state index in [0.717, 1.165) is 15.4 Å². The van der Waals surface area contributed by atoms with Gasteiger partial charge in [-0.05, 0) is 79.1 Å². The molecule has 0 aromatic heterocycles. The van der Waals surface area contributed by atoms with Gasteiger partial charge < -0.3 is 15.0 Å². The maximum atomic E-state index is 14.7. The van der Waals surface area contributed by atoms with Crippen LogP contribution in [0.3, 0.4) is 0 Å². The second-order valence-corrected chi connectivity index (χ2v) is 14.1. The predicted molar refractivity (Wildman–Crippen MR) is 198 cm³/mol. The van der Waals surface area contributed by atoms with Gasteiger partial charge in [-0.2, -0.15) is 0 Å². The molecule has 5 aromatic rings. The van der Waals surface area contributed by atoms with E-state index in [1.54, 1.807) is 60.7 Å². The molecule has 0 aliphatic rings. The van der Waals surface area contributed by atoms with Gasteiger partial charge >= 0.3 is 0 Å². The van der Waals surface area contributed by atoms with Crippen LogP contribution in [0.25, 0.3) is 0 Å². The van der Waals surface area contributed by atoms with E-state index in [4.69, 9.17) is 16.3 Å². The van der Waals surface area contributed by atoms with Crippen LogP contribution in [0.4, 0.5) is 5.69 Å². The number of hydrogen-bond donors (Lipinski definition) is 1. The summed E-state index contributed by atoms with van der Waals surface area (Å²) in [5.41, 5.74) is 2.62. The van der Waals surface area contributed by atoms with Crippen molar-refractivity contribution in [3.8, 4) is 11.5 Å². The smallest absolute Gasteiger partial charge is 0.264 e. The van der Waals surface area contributed by atoms with Crippen molar-refractivity contribution in [1.82, 2.24) is 10.2 Å². The number of rotatable bonds is 15. The minimum Gasteiger partial charge on any atom is -0.457 e. The fourth-order valence-electron chi connectivity index (χ4n) is 5.40. The highest BCUT2D eigenvalue weighted by molar-refractivity contribution is 7.92. The van der Waals surface area contributed by atoms with Gasteiger partial charge in [-0.25, -0.2) is 8.42 Å². The molecular weight excluding hydrogens is 670 g/mol. The van der Waals surface area contributed by atoms with Crippen molar-refractivity contribution in [3.63, 3.8) is 0 Å². The summed E-state index contributed by atoms with van der Waals surface area (Å²) in [4.78, 5) is 30.0. The standard InChI is InChI=1S/C40H40ClN3O5S/c1-3-26-42-40(46)38(27-31-12-6-4-7-13-31)43(28-32-14-10-11-17-37(32)41)39(45)29-44(50(47,48)36-24-18-30(2)19-25-36)33-20-22-35(23-21-33)49-34-15-8-5-9-16-34/h4-25,38H,3,26-29H2,1-2H3,(H,42,46). The quantitative estimate of drug-likeness (QED) is 0.120. The molecule has 258 valence electrons. The van der Waals surface area contributed by atoms with E-state index >= 15 is 0 Å². The van der Waals surface area contributed by atoms with E-state index in [-0.39, 0.29) is 29.5 Å². The maximum Gasteiger partial charge on any atom is 0.264 e. The van der Waals surface area contributed by atoms with Gasteiger partial charge in [0.15, 0.2) is 0 Å². The normalized spacial score (nSPS) is 11.7. The van der Waals surface area contributed by atoms with Gasteiger partial charge in [0.25, 0.3) is 10.0 Å². The number of ether oxygens (including phenoxy) is 1. The molecule has 5 aromatic carbocycles. The zero-order valence-electron chi connectivity index (χ0n) is 28.0. The van der Waals surface area contributed by atoms with Crippen molar-refractivity contribution >= 4 is 39.1 Å². The zero-order valence-corrected chi connectivity index (χ0v) is 29.6. The van der Waals surface area contributed by atoms with Gasteiger partial charge in [-0.3, -0.25) is 13.9 Å². The molecular formula is C40H40ClN3O5S. The zero-order chi connectivity index (χ0) is 35.5. The average Bonchev–Trinajstić information content (AvgIpc) is 3.13. The Morgan fingerprint density at radius 3 is 2.02 bits per heavy atom. The molecule has 0 aliphatic carbocycles. The van der Waals surface area contributed by atoms with Gasteiger partial charge in [0.05, 0.1) is 10.6 Å². The lowest BCUT2D eigenvalue weighted by atomic mass is 10.0. The van der Waals surface area contributed by atoms with E-state index in [9.17, 15) is 18.0 Å². The summed E-state index contributed by atoms with van der Waals surface area (Å²) in [5, 5.41) is 3.38. The monoisotopic (exact) mass is 709 g/mol. The minimum atomic E-state index is -4.25. The third-order valence-electron chi connectivity index (χ3n) is 8.11. The average molecular weight is 710 g/mol. The predicted octanol–water partition coefficient (Wildman–Crippen LogP) is 7.80. The first kappa shape index (κ1) is 36.2. The van der Waals surface area contributed by atoms with E-state index in [0.29, 0.717) is 35.1 Å². The molecule has 0 spiro atoms. The maximum absolute atomic E-state index is 14.7. The van der Waals surface area contributed by atoms with Crippen LogP contribution in [0.15, 0.2) is 138 Å². The molecule has 1 atom stereocenters. The number of nitrogens with one attached hydrogen (secondary N) is 1. The van der Waals surface area contributed by atoms with Gasteiger partial charge in [-0.15, -0.1) is 0 Å². The molecule has 0 radical (unpaired) electrons. The van der Waals surface area contributed by atoms with Crippen molar-refractivity contribution in [1.29, 1.82) is 0 Å². The lowest BCUT2D eigenvalue weighted by molar-refractivity contribution is -0.140. The Balaban J connectivity index is 1.56. The van der Waals surface area contributed by atoms with Crippen molar-refractivity contribution in [2.24, 2.45) is 0 Å². The summed E-state index contributed by atoms with van der Waals surface area (Å²) < 4.78 is 35.7. The second kappa shape index (κ2) is 17.0. The van der Waals surface area contributed by atoms with Crippen LogP contribution in [0.5, 0.6) is 11.5 Å². The number of para-hydroxylation sites is 1. The fraction of sp³-hybridized carbons (Fsp3) is 0.200. The Morgan fingerprint density at radius 2 is 1.38 bits per heavy atom. The van der Waals surface area contributed by atoms with E-state index in [2.05, 4.69) is 5.32 Å². The lowest BCUT2D eigenvalue weighted by Crippen LogP contribution is -2.53. The summed E-state index contributed by atoms with van der Waals surface area (Å²) in [5.74, 6) is 0.208. The number of carbonyl (C=O) groups is 2. The molecule has 8 nitrogen and oxygen atoms in total. The number of amides is 2. The first-order chi connectivity index (χ1) is 24.2. The summed E-state index contributed by atoms with van der Waals surface area (Å²) in [6.07, 6.45) is 0.914. The number of nitrogens with zero attached hydrogens (tertiary/aromatic N) is 2. The second-order valence-electron chi connectivity index (χ2n) is 11.8. The molecule has 0 saturated carbocycles. The van der Waals surface area contributed by atoms with Crippen LogP contribution in [0.1, 0.15) is 30.0 Å². The van der Waals surface area contributed by atoms with Crippen LogP contribution < -0.4 is 14.4 Å². The molecule has 2 amide bonds. The van der Waals surface area contributed by atoms with Crippen LogP contribution in [-0.4, -0.2) is 44.3 Å². The summed E-state index contributed by atoms with van der Waals surface area (Å²) in [6, 6.07) is 37.8. The van der Waals surface area contributed by atoms with E-state index < -0.39 is 28.5 Å². The molecule has 1 N–H and O–H groups in total. The Hall–Kier alpha value is -5.12. The Kier molecular flexibility index (Phi) is 12.3. The first-order valence-corrected chi connectivity index (χ1v) is 18.2. The van der Waals surface area contributed by atoms with E-state index in [1.807, 2.05) is 74.5 Å². The molecule has 0 fully saturated rings. The molecule has 0 heterocycles. The molecule has 0 saturated heterocycles. The number of halogens is 1. The highest BCUT2D eigenvalue weighted by atomic mass is 35.5. The summed E-state index contributed by atoms with van der Waals surface area (Å²) in [7, 11) is -4.25. The van der Waals surface area contributed by atoms with Crippen molar-refractivity contribution in [3.05, 3.63) is 155 Å². The van der Waals surface area contributed by atoms with Gasteiger partial charge in [0, 0.05) is 24.5 Å². The number of sulfonamides is 1. The van der Waals surface area contributed by atoms with Gasteiger partial charge in [0.2, 0.25) is 11.8 Å². The Morgan fingerprint density at radius 1 is 0.780 bits per heavy atom. The molecule has 0 bridgehead atoms. The molecule has 1 unspecified atom stereocenters. The fourth-order valence-corrected chi connectivity index (χ4v) is 7.01. The Labute approximate surface area is 299 Å². The van der Waals surface area contributed by atoms with Crippen LogP contribution in [-0.2, 0) is 32.6 Å². The first-order valence-electron chi connectivity index (χ1n) is 16.4. The topological polar surface area (TPSA) is 96.0 Å². The summed E-state index contributed by atoms with van der Waals surface area (Å²) >= 11 is 6.58. The molecule has 50 heavy (non-hydrogen) atoms. The highest BCUT2D eigenvalue weighted by Gasteiger charge is 2.35. The minimum absolute atomic E-state index is 0.0160. The molecule has 5 rings (SSSR count). The van der Waals surface area contributed by atoms with Crippen molar-refractivity contribution in [2.75, 3.05) is 17.4 Å². The molecule has 0 aliphatic heterocycles. The van der Waals surface area contributed by atoms with Crippen molar-refractivity contribution < 1.29 is 22.7 Å². The van der Waals surface area contributed by atoms with Gasteiger partial charge in [-0.1, -0.05) is 103 Å². The van der Waals surface area contributed by atoms with Gasteiger partial charge in [0.1, 0.15) is 24.1 Å². The van der Waals surface area contributed by atoms with E-state index in [1.165, 1.54) is 17.0 Å². The van der Waals surface area contributed by atoms with Crippen LogP contribution >= 0.6 is 11.6 Å². The molecule has 10 heteroatoms. The highest BCUT2D eigenvalue weighted by Crippen LogP contribution is 2.29. The number of anilines is 1. The largest absolute Gasteiger partial charge is 0.457 e. The SMILES string of the molecule is CCCNC(=O)C(Cc1ccccc1)N(Cc1ccccc1Cl)C(=O)CN(c1ccc(Oc2ccccc2)cc1)S(=O)(=O)c1ccc(C)cc1. The third-order valence-corrected chi connectivity index (χ3v) is 10.3. The lowest BCUT2D eigenvalue weighted by Gasteiger charge is -2.34. The third kappa shape index (κ3) is 9.31. The van der Waals surface area contributed by atoms with Crippen molar-refractivity contribution in [2.45, 2.75) is 44.2 Å². The van der Waals surface area contributed by atoms with Crippen LogP contribution in [0, 0.1) is 6.92 Å².